The minimum atomic E-state index is 0.361. The smallest absolute Gasteiger partial charge is 0.101 e. The Morgan fingerprint density at radius 1 is 1.14 bits per heavy atom. The molecule has 104 valence electrons. The first-order valence-corrected chi connectivity index (χ1v) is 6.72. The highest BCUT2D eigenvalue weighted by atomic mass is 15.1. The first-order chi connectivity index (χ1) is 10.2. The molecule has 0 radical (unpaired) electrons. The third kappa shape index (κ3) is 3.86. The van der Waals surface area contributed by atoms with Crippen LogP contribution in [0, 0.1) is 23.2 Å². The average Bonchev–Trinajstić information content (AvgIpc) is 2.53. The molecule has 0 spiro atoms. The minimum absolute atomic E-state index is 0.361. The topological polar surface area (TPSA) is 53.0 Å². The summed E-state index contributed by atoms with van der Waals surface area (Å²) in [5, 5.41) is 9.17. The van der Waals surface area contributed by atoms with Crippen LogP contribution in [0.1, 0.15) is 16.7 Å². The van der Waals surface area contributed by atoms with E-state index in [1.807, 2.05) is 49.5 Å². The summed E-state index contributed by atoms with van der Waals surface area (Å²) in [6, 6.07) is 17.9. The molecule has 0 aliphatic rings. The van der Waals surface area contributed by atoms with E-state index in [1.165, 1.54) is 0 Å². The van der Waals surface area contributed by atoms with Gasteiger partial charge in [0.1, 0.15) is 6.07 Å². The van der Waals surface area contributed by atoms with Crippen molar-refractivity contribution in [1.29, 1.82) is 5.26 Å². The number of rotatable bonds is 3. The highest BCUT2D eigenvalue weighted by Crippen LogP contribution is 2.20. The lowest BCUT2D eigenvalue weighted by atomic mass is 10.1. The number of para-hydroxylation sites is 1. The molecule has 0 saturated heterocycles. The summed E-state index contributed by atoms with van der Waals surface area (Å²) in [5.41, 5.74) is 9.10. The standard InChI is InChI=1S/C18H17N3/c1-21(18-10-3-2-9-17(18)13-20)14-16-7-4-6-15(12-16)8-5-11-19/h2-4,6-7,9-10,12H,11,14,19H2,1H3. The predicted octanol–water partition coefficient (Wildman–Crippen LogP) is 2.50. The van der Waals surface area contributed by atoms with Gasteiger partial charge < -0.3 is 10.6 Å². The van der Waals surface area contributed by atoms with Crippen molar-refractivity contribution < 1.29 is 0 Å². The van der Waals surface area contributed by atoms with Crippen molar-refractivity contribution in [2.24, 2.45) is 5.73 Å². The van der Waals surface area contributed by atoms with E-state index >= 15 is 0 Å². The molecule has 0 aliphatic heterocycles. The van der Waals surface area contributed by atoms with Crippen molar-refractivity contribution >= 4 is 5.69 Å². The van der Waals surface area contributed by atoms with Crippen LogP contribution >= 0.6 is 0 Å². The zero-order chi connectivity index (χ0) is 15.1. The molecule has 0 aliphatic carbocycles. The van der Waals surface area contributed by atoms with E-state index in [0.717, 1.165) is 23.4 Å². The van der Waals surface area contributed by atoms with Gasteiger partial charge in [-0.15, -0.1) is 0 Å². The van der Waals surface area contributed by atoms with E-state index < -0.39 is 0 Å². The van der Waals surface area contributed by atoms with Crippen molar-refractivity contribution in [3.8, 4) is 17.9 Å². The fraction of sp³-hybridized carbons (Fsp3) is 0.167. The summed E-state index contributed by atoms with van der Waals surface area (Å²) in [5.74, 6) is 5.89. The van der Waals surface area contributed by atoms with E-state index in [9.17, 15) is 0 Å². The van der Waals surface area contributed by atoms with Gasteiger partial charge in [0.15, 0.2) is 0 Å². The van der Waals surface area contributed by atoms with Gasteiger partial charge in [-0.3, -0.25) is 0 Å². The Morgan fingerprint density at radius 3 is 2.71 bits per heavy atom. The molecule has 2 aromatic rings. The van der Waals surface area contributed by atoms with Crippen LogP contribution in [0.4, 0.5) is 5.69 Å². The maximum atomic E-state index is 9.17. The fourth-order valence-corrected chi connectivity index (χ4v) is 2.16. The first-order valence-electron chi connectivity index (χ1n) is 6.72. The molecule has 0 fully saturated rings. The number of nitrogens with zero attached hydrogens (tertiary/aromatic N) is 2. The molecular weight excluding hydrogens is 258 g/mol. The average molecular weight is 275 g/mol. The Labute approximate surface area is 125 Å². The van der Waals surface area contributed by atoms with Gasteiger partial charge in [-0.1, -0.05) is 36.1 Å². The van der Waals surface area contributed by atoms with Crippen molar-refractivity contribution in [3.05, 3.63) is 65.2 Å². The molecule has 2 aromatic carbocycles. The SMILES string of the molecule is CN(Cc1cccc(C#CCN)c1)c1ccccc1C#N. The summed E-state index contributed by atoms with van der Waals surface area (Å²) in [6.07, 6.45) is 0. The Bertz CT molecular complexity index is 717. The van der Waals surface area contributed by atoms with Crippen LogP contribution in [0.5, 0.6) is 0 Å². The molecule has 0 atom stereocenters. The van der Waals surface area contributed by atoms with Crippen LogP contribution in [0.2, 0.25) is 0 Å². The van der Waals surface area contributed by atoms with Crippen molar-refractivity contribution in [3.63, 3.8) is 0 Å². The number of nitrogens with two attached hydrogens (primary N) is 1. The minimum Gasteiger partial charge on any atom is -0.369 e. The predicted molar refractivity (Wildman–Crippen MR) is 85.6 cm³/mol. The number of anilines is 1. The second-order valence-electron chi connectivity index (χ2n) is 4.69. The summed E-state index contributed by atoms with van der Waals surface area (Å²) in [7, 11) is 1.98. The molecule has 0 saturated carbocycles. The van der Waals surface area contributed by atoms with Gasteiger partial charge in [0, 0.05) is 19.2 Å². The highest BCUT2D eigenvalue weighted by Gasteiger charge is 2.07. The largest absolute Gasteiger partial charge is 0.369 e. The Morgan fingerprint density at radius 2 is 1.95 bits per heavy atom. The first kappa shape index (κ1) is 14.7. The molecule has 2 rings (SSSR count). The molecule has 3 nitrogen and oxygen atoms in total. The molecule has 0 unspecified atom stereocenters. The fourth-order valence-electron chi connectivity index (χ4n) is 2.16. The molecule has 0 aromatic heterocycles. The van der Waals surface area contributed by atoms with Crippen molar-refractivity contribution in [1.82, 2.24) is 0 Å². The van der Waals surface area contributed by atoms with Gasteiger partial charge in [0.25, 0.3) is 0 Å². The van der Waals surface area contributed by atoms with E-state index in [0.29, 0.717) is 12.1 Å². The molecule has 0 bridgehead atoms. The number of nitriles is 1. The van der Waals surface area contributed by atoms with E-state index in [-0.39, 0.29) is 0 Å². The lowest BCUT2D eigenvalue weighted by Gasteiger charge is -2.20. The molecular formula is C18H17N3. The van der Waals surface area contributed by atoms with Crippen LogP contribution in [0.25, 0.3) is 0 Å². The number of hydrogen-bond acceptors (Lipinski definition) is 3. The van der Waals surface area contributed by atoms with Crippen LogP contribution in [-0.2, 0) is 6.54 Å². The van der Waals surface area contributed by atoms with Gasteiger partial charge in [0.2, 0.25) is 0 Å². The van der Waals surface area contributed by atoms with Crippen LogP contribution < -0.4 is 10.6 Å². The zero-order valence-corrected chi connectivity index (χ0v) is 12.0. The summed E-state index contributed by atoms with van der Waals surface area (Å²) >= 11 is 0. The van der Waals surface area contributed by atoms with Crippen LogP contribution in [0.3, 0.4) is 0 Å². The van der Waals surface area contributed by atoms with Gasteiger partial charge in [0.05, 0.1) is 17.8 Å². The van der Waals surface area contributed by atoms with Gasteiger partial charge in [-0.05, 0) is 29.8 Å². The molecule has 0 amide bonds. The van der Waals surface area contributed by atoms with Crippen LogP contribution in [0.15, 0.2) is 48.5 Å². The zero-order valence-electron chi connectivity index (χ0n) is 12.0. The summed E-state index contributed by atoms with van der Waals surface area (Å²) in [4.78, 5) is 2.06. The number of benzene rings is 2. The van der Waals surface area contributed by atoms with Crippen molar-refractivity contribution in [2.75, 3.05) is 18.5 Å². The maximum absolute atomic E-state index is 9.17. The highest BCUT2D eigenvalue weighted by molar-refractivity contribution is 5.59. The quantitative estimate of drug-likeness (QED) is 0.876. The maximum Gasteiger partial charge on any atom is 0.101 e. The molecule has 0 heterocycles. The Hall–Kier alpha value is -2.75. The summed E-state index contributed by atoms with van der Waals surface area (Å²) in [6.45, 7) is 1.08. The number of hydrogen-bond donors (Lipinski definition) is 1. The van der Waals surface area contributed by atoms with Crippen molar-refractivity contribution in [2.45, 2.75) is 6.54 Å². The Kier molecular flexibility index (Phi) is 4.99. The van der Waals surface area contributed by atoms with Gasteiger partial charge in [-0.25, -0.2) is 0 Å². The lowest BCUT2D eigenvalue weighted by Crippen LogP contribution is -2.17. The second-order valence-corrected chi connectivity index (χ2v) is 4.69. The second kappa shape index (κ2) is 7.14. The summed E-state index contributed by atoms with van der Waals surface area (Å²) < 4.78 is 0. The molecule has 21 heavy (non-hydrogen) atoms. The van der Waals surface area contributed by atoms with Gasteiger partial charge in [-0.2, -0.15) is 5.26 Å². The van der Waals surface area contributed by atoms with E-state index in [2.05, 4.69) is 28.9 Å². The van der Waals surface area contributed by atoms with Crippen LogP contribution in [-0.4, -0.2) is 13.6 Å². The molecule has 2 N–H and O–H groups in total. The third-order valence-corrected chi connectivity index (χ3v) is 3.12. The Balaban J connectivity index is 2.20. The molecule has 3 heteroatoms. The lowest BCUT2D eigenvalue weighted by molar-refractivity contribution is 0.920. The van der Waals surface area contributed by atoms with Gasteiger partial charge >= 0.3 is 0 Å². The third-order valence-electron chi connectivity index (χ3n) is 3.12. The normalized spacial score (nSPS) is 9.38. The van der Waals surface area contributed by atoms with E-state index in [1.54, 1.807) is 0 Å². The monoisotopic (exact) mass is 275 g/mol. The van der Waals surface area contributed by atoms with E-state index in [4.69, 9.17) is 11.0 Å².